The van der Waals surface area contributed by atoms with Crippen LogP contribution in [0.1, 0.15) is 28.8 Å². The van der Waals surface area contributed by atoms with Gasteiger partial charge in [0.25, 0.3) is 5.56 Å². The van der Waals surface area contributed by atoms with Crippen LogP contribution in [0.15, 0.2) is 28.9 Å². The molecule has 0 fully saturated rings. The molecule has 0 bridgehead atoms. The Morgan fingerprint density at radius 3 is 2.95 bits per heavy atom. The predicted molar refractivity (Wildman–Crippen MR) is 81.7 cm³/mol. The fourth-order valence-electron chi connectivity index (χ4n) is 2.88. The number of hydrogen-bond acceptors (Lipinski definition) is 5. The van der Waals surface area contributed by atoms with Crippen LogP contribution in [-0.4, -0.2) is 19.5 Å². The lowest BCUT2D eigenvalue weighted by molar-refractivity contribution is 0.676. The monoisotopic (exact) mass is 298 g/mol. The second kappa shape index (κ2) is 5.04. The molecule has 1 aliphatic carbocycles. The molecule has 0 saturated heterocycles. The van der Waals surface area contributed by atoms with Gasteiger partial charge in [0.1, 0.15) is 6.33 Å². The van der Waals surface area contributed by atoms with Crippen LogP contribution in [0.25, 0.3) is 11.2 Å². The standard InChI is InChI=1S/C15H14N4OS/c20-15-13-14(17-6-5-16-13)18-9-19(15)7-10-8-21-12-4-2-1-3-11(10)12/h5-6,8-9H,1-4,7H2. The minimum absolute atomic E-state index is 0.121. The van der Waals surface area contributed by atoms with Crippen LogP contribution in [0.5, 0.6) is 0 Å². The molecule has 0 N–H and O–H groups in total. The minimum Gasteiger partial charge on any atom is -0.293 e. The molecule has 5 nitrogen and oxygen atoms in total. The van der Waals surface area contributed by atoms with Crippen molar-refractivity contribution >= 4 is 22.5 Å². The number of fused-ring (bicyclic) bond motifs is 2. The fourth-order valence-corrected chi connectivity index (χ4v) is 4.02. The molecule has 0 amide bonds. The maximum atomic E-state index is 12.4. The number of rotatable bonds is 2. The van der Waals surface area contributed by atoms with Gasteiger partial charge in [0.05, 0.1) is 6.54 Å². The van der Waals surface area contributed by atoms with Gasteiger partial charge in [-0.15, -0.1) is 11.3 Å². The molecule has 0 radical (unpaired) electrons. The van der Waals surface area contributed by atoms with Crippen molar-refractivity contribution in [3.8, 4) is 0 Å². The molecule has 0 saturated carbocycles. The number of hydrogen-bond donors (Lipinski definition) is 0. The second-order valence-corrected chi connectivity index (χ2v) is 6.24. The molecule has 0 aliphatic heterocycles. The molecule has 3 heterocycles. The van der Waals surface area contributed by atoms with Crippen molar-refractivity contribution in [2.24, 2.45) is 0 Å². The number of thiophene rings is 1. The molecule has 0 atom stereocenters. The Morgan fingerprint density at radius 1 is 1.14 bits per heavy atom. The van der Waals surface area contributed by atoms with E-state index in [1.807, 2.05) is 11.3 Å². The molecule has 3 aromatic heterocycles. The first-order chi connectivity index (χ1) is 10.3. The third kappa shape index (κ3) is 2.15. The molecule has 4 rings (SSSR count). The van der Waals surface area contributed by atoms with Crippen LogP contribution in [-0.2, 0) is 19.4 Å². The quantitative estimate of drug-likeness (QED) is 0.727. The van der Waals surface area contributed by atoms with Gasteiger partial charge in [0.15, 0.2) is 11.2 Å². The zero-order chi connectivity index (χ0) is 14.2. The zero-order valence-corrected chi connectivity index (χ0v) is 12.3. The smallest absolute Gasteiger partial charge is 0.281 e. The summed E-state index contributed by atoms with van der Waals surface area (Å²) in [6.45, 7) is 0.574. The summed E-state index contributed by atoms with van der Waals surface area (Å²) >= 11 is 1.82. The van der Waals surface area contributed by atoms with E-state index in [2.05, 4.69) is 20.3 Å². The normalized spacial score (nSPS) is 14.3. The Balaban J connectivity index is 1.76. The van der Waals surface area contributed by atoms with Gasteiger partial charge in [-0.05, 0) is 42.2 Å². The van der Waals surface area contributed by atoms with Gasteiger partial charge in [0.2, 0.25) is 0 Å². The average Bonchev–Trinajstić information content (AvgIpc) is 2.94. The molecule has 3 aromatic rings. The van der Waals surface area contributed by atoms with Crippen molar-refractivity contribution < 1.29 is 0 Å². The van der Waals surface area contributed by atoms with Crippen LogP contribution in [0.4, 0.5) is 0 Å². The highest BCUT2D eigenvalue weighted by Crippen LogP contribution is 2.30. The predicted octanol–water partition coefficient (Wildman–Crippen LogP) is 2.18. The largest absolute Gasteiger partial charge is 0.293 e. The Labute approximate surface area is 125 Å². The molecular formula is C15H14N4OS. The zero-order valence-electron chi connectivity index (χ0n) is 11.5. The molecule has 0 unspecified atom stereocenters. The first-order valence-corrected chi connectivity index (χ1v) is 7.95. The van der Waals surface area contributed by atoms with E-state index in [4.69, 9.17) is 0 Å². The first-order valence-electron chi connectivity index (χ1n) is 7.07. The van der Waals surface area contributed by atoms with Gasteiger partial charge in [-0.1, -0.05) is 0 Å². The van der Waals surface area contributed by atoms with Crippen molar-refractivity contribution in [1.82, 2.24) is 19.5 Å². The summed E-state index contributed by atoms with van der Waals surface area (Å²) in [5.41, 5.74) is 3.32. The summed E-state index contributed by atoms with van der Waals surface area (Å²) in [6.07, 6.45) is 9.48. The highest BCUT2D eigenvalue weighted by molar-refractivity contribution is 7.10. The van der Waals surface area contributed by atoms with E-state index in [9.17, 15) is 4.79 Å². The lowest BCUT2D eigenvalue weighted by Gasteiger charge is -2.13. The topological polar surface area (TPSA) is 60.7 Å². The van der Waals surface area contributed by atoms with Crippen molar-refractivity contribution in [3.63, 3.8) is 0 Å². The second-order valence-electron chi connectivity index (χ2n) is 5.28. The summed E-state index contributed by atoms with van der Waals surface area (Å²) < 4.78 is 1.63. The van der Waals surface area contributed by atoms with Gasteiger partial charge in [-0.2, -0.15) is 0 Å². The fraction of sp³-hybridized carbons (Fsp3) is 0.333. The van der Waals surface area contributed by atoms with E-state index in [1.165, 1.54) is 41.5 Å². The maximum Gasteiger partial charge on any atom is 0.281 e. The van der Waals surface area contributed by atoms with E-state index in [0.29, 0.717) is 17.7 Å². The van der Waals surface area contributed by atoms with E-state index in [0.717, 1.165) is 6.42 Å². The molecular weight excluding hydrogens is 284 g/mol. The average molecular weight is 298 g/mol. The van der Waals surface area contributed by atoms with Gasteiger partial charge in [-0.3, -0.25) is 9.36 Å². The van der Waals surface area contributed by atoms with Crippen LogP contribution in [0, 0.1) is 0 Å². The van der Waals surface area contributed by atoms with Crippen LogP contribution < -0.4 is 5.56 Å². The van der Waals surface area contributed by atoms with Crippen LogP contribution >= 0.6 is 11.3 Å². The summed E-state index contributed by atoms with van der Waals surface area (Å²) in [5, 5.41) is 2.18. The SMILES string of the molecule is O=c1c2nccnc2ncn1Cc1csc2c1CCCC2. The Kier molecular flexibility index (Phi) is 3.03. The van der Waals surface area contributed by atoms with Crippen molar-refractivity contribution in [3.05, 3.63) is 50.5 Å². The molecule has 21 heavy (non-hydrogen) atoms. The highest BCUT2D eigenvalue weighted by atomic mass is 32.1. The first kappa shape index (κ1) is 12.6. The van der Waals surface area contributed by atoms with Crippen molar-refractivity contribution in [1.29, 1.82) is 0 Å². The lowest BCUT2D eigenvalue weighted by Crippen LogP contribution is -2.22. The molecule has 1 aliphatic rings. The van der Waals surface area contributed by atoms with Gasteiger partial charge >= 0.3 is 0 Å². The third-order valence-corrected chi connectivity index (χ3v) is 5.09. The van der Waals surface area contributed by atoms with E-state index in [-0.39, 0.29) is 5.56 Å². The van der Waals surface area contributed by atoms with E-state index >= 15 is 0 Å². The Bertz CT molecular complexity index is 867. The molecule has 106 valence electrons. The highest BCUT2D eigenvalue weighted by Gasteiger charge is 2.16. The molecule has 0 aromatic carbocycles. The maximum absolute atomic E-state index is 12.4. The van der Waals surface area contributed by atoms with Crippen molar-refractivity contribution in [2.45, 2.75) is 32.2 Å². The Hall–Kier alpha value is -2.08. The molecule has 6 heteroatoms. The number of nitrogens with zero attached hydrogens (tertiary/aromatic N) is 4. The summed E-state index contributed by atoms with van der Waals surface area (Å²) in [4.78, 5) is 26.3. The van der Waals surface area contributed by atoms with Crippen LogP contribution in [0.2, 0.25) is 0 Å². The van der Waals surface area contributed by atoms with Crippen LogP contribution in [0.3, 0.4) is 0 Å². The Morgan fingerprint density at radius 2 is 2.00 bits per heavy atom. The van der Waals surface area contributed by atoms with E-state index in [1.54, 1.807) is 17.1 Å². The number of aromatic nitrogens is 4. The number of aryl methyl sites for hydroxylation is 1. The van der Waals surface area contributed by atoms with Crippen molar-refractivity contribution in [2.75, 3.05) is 0 Å². The van der Waals surface area contributed by atoms with Gasteiger partial charge < -0.3 is 0 Å². The summed E-state index contributed by atoms with van der Waals surface area (Å²) in [5.74, 6) is 0. The lowest BCUT2D eigenvalue weighted by atomic mass is 9.96. The molecule has 0 spiro atoms. The van der Waals surface area contributed by atoms with Gasteiger partial charge in [-0.25, -0.2) is 15.0 Å². The summed E-state index contributed by atoms with van der Waals surface area (Å²) in [6, 6.07) is 0. The van der Waals surface area contributed by atoms with E-state index < -0.39 is 0 Å². The van der Waals surface area contributed by atoms with Gasteiger partial charge in [0, 0.05) is 17.3 Å². The minimum atomic E-state index is -0.121. The third-order valence-electron chi connectivity index (χ3n) is 3.95. The summed E-state index contributed by atoms with van der Waals surface area (Å²) in [7, 11) is 0.